The molecule has 2 nitrogen and oxygen atoms in total. The van der Waals surface area contributed by atoms with Crippen molar-refractivity contribution in [2.75, 3.05) is 0 Å². The molecule has 0 aliphatic carbocycles. The largest absolute Gasteiger partial charge is 0.288 e. The maximum atomic E-state index is 12.1. The highest BCUT2D eigenvalue weighted by molar-refractivity contribution is 9.12. The number of aromatic nitrogens is 1. The van der Waals surface area contributed by atoms with Crippen molar-refractivity contribution in [1.29, 1.82) is 0 Å². The Kier molecular flexibility index (Phi) is 3.94. The third kappa shape index (κ3) is 2.61. The fourth-order valence-corrected chi connectivity index (χ4v) is 4.34. The van der Waals surface area contributed by atoms with Crippen LogP contribution in [0.2, 0.25) is 0 Å². The summed E-state index contributed by atoms with van der Waals surface area (Å²) in [5.74, 6) is -0.0392. The van der Waals surface area contributed by atoms with Crippen LogP contribution in [0.1, 0.15) is 15.9 Å². The normalized spacial score (nSPS) is 10.4. The number of rotatable bonds is 2. The highest BCUT2D eigenvalue weighted by Crippen LogP contribution is 2.33. The molecule has 2 aromatic rings. The van der Waals surface area contributed by atoms with Crippen LogP contribution in [-0.4, -0.2) is 10.8 Å². The first-order chi connectivity index (χ1) is 7.58. The minimum Gasteiger partial charge on any atom is -0.288 e. The number of carbonyl (C=O) groups is 1. The molecule has 0 amide bonds. The third-order valence-corrected chi connectivity index (χ3v) is 4.64. The van der Waals surface area contributed by atoms with Crippen LogP contribution in [0.4, 0.5) is 0 Å². The maximum absolute atomic E-state index is 12.1. The van der Waals surface area contributed by atoms with E-state index >= 15 is 0 Å². The van der Waals surface area contributed by atoms with Crippen molar-refractivity contribution >= 4 is 64.9 Å². The monoisotopic (exact) mass is 423 g/mol. The molecule has 0 saturated carbocycles. The van der Waals surface area contributed by atoms with Crippen molar-refractivity contribution in [1.82, 2.24) is 4.98 Å². The first kappa shape index (κ1) is 12.4. The van der Waals surface area contributed by atoms with Crippen LogP contribution in [-0.2, 0) is 0 Å². The summed E-state index contributed by atoms with van der Waals surface area (Å²) >= 11 is 11.5. The second-order valence-electron chi connectivity index (χ2n) is 2.96. The molecule has 2 aromatic heterocycles. The van der Waals surface area contributed by atoms with Gasteiger partial charge in [0.15, 0.2) is 5.78 Å². The van der Waals surface area contributed by atoms with Gasteiger partial charge in [-0.1, -0.05) is 0 Å². The lowest BCUT2D eigenvalue weighted by molar-refractivity contribution is 0.103. The molecule has 16 heavy (non-hydrogen) atoms. The summed E-state index contributed by atoms with van der Waals surface area (Å²) in [5.41, 5.74) is 1.22. The van der Waals surface area contributed by atoms with E-state index in [0.29, 0.717) is 11.1 Å². The van der Waals surface area contributed by atoms with E-state index in [1.165, 1.54) is 11.3 Å². The lowest BCUT2D eigenvalue weighted by Gasteiger charge is -1.99. The smallest absolute Gasteiger partial charge is 0.196 e. The molecule has 6 heteroatoms. The summed E-state index contributed by atoms with van der Waals surface area (Å²) in [7, 11) is 0. The van der Waals surface area contributed by atoms with Crippen LogP contribution >= 0.6 is 59.1 Å². The van der Waals surface area contributed by atoms with Gasteiger partial charge in [-0.25, -0.2) is 0 Å². The fourth-order valence-electron chi connectivity index (χ4n) is 1.19. The van der Waals surface area contributed by atoms with Crippen molar-refractivity contribution in [3.05, 3.63) is 47.7 Å². The summed E-state index contributed by atoms with van der Waals surface area (Å²) in [6, 6.07) is 3.56. The molecule has 0 aromatic carbocycles. The molecule has 0 N–H and O–H groups in total. The lowest BCUT2D eigenvalue weighted by Crippen LogP contribution is -2.00. The molecule has 0 radical (unpaired) electrons. The van der Waals surface area contributed by atoms with Crippen molar-refractivity contribution in [2.24, 2.45) is 0 Å². The van der Waals surface area contributed by atoms with E-state index in [1.807, 2.05) is 0 Å². The molecule has 0 bridgehead atoms. The highest BCUT2D eigenvalue weighted by Gasteiger charge is 2.16. The second kappa shape index (κ2) is 5.08. The van der Waals surface area contributed by atoms with Gasteiger partial charge in [-0.15, -0.1) is 11.3 Å². The van der Waals surface area contributed by atoms with E-state index in [0.717, 1.165) is 12.0 Å². The molecule has 82 valence electrons. The summed E-state index contributed by atoms with van der Waals surface area (Å²) in [5, 5.41) is 0. The number of ketones is 1. The summed E-state index contributed by atoms with van der Waals surface area (Å²) < 4.78 is 2.54. The average Bonchev–Trinajstić information content (AvgIpc) is 2.57. The molecular weight excluding hydrogens is 422 g/mol. The first-order valence-electron chi connectivity index (χ1n) is 4.18. The Morgan fingerprint density at radius 1 is 1.19 bits per heavy atom. The number of carbonyl (C=O) groups excluding carboxylic acids is 1. The fraction of sp³-hybridized carbons (Fsp3) is 0. The summed E-state index contributed by atoms with van der Waals surface area (Å²) in [6.45, 7) is 0. The van der Waals surface area contributed by atoms with Gasteiger partial charge in [0.05, 0.1) is 7.57 Å². The van der Waals surface area contributed by atoms with Crippen molar-refractivity contribution < 1.29 is 4.79 Å². The number of pyridine rings is 1. The van der Waals surface area contributed by atoms with E-state index in [1.54, 1.807) is 24.5 Å². The molecule has 0 aliphatic rings. The Hall–Kier alpha value is -0.0400. The molecule has 2 heterocycles. The first-order valence-corrected chi connectivity index (χ1v) is 7.37. The standard InChI is InChI=1S/C10H4Br3NOS/c11-6-1-5(3-14-4-6)9(15)7-2-8(12)16-10(7)13/h1-4H. The molecule has 0 atom stereocenters. The SMILES string of the molecule is O=C(c1cncc(Br)c1)c1cc(Br)sc1Br. The van der Waals surface area contributed by atoms with Crippen molar-refractivity contribution in [2.45, 2.75) is 0 Å². The summed E-state index contributed by atoms with van der Waals surface area (Å²) in [4.78, 5) is 16.1. The topological polar surface area (TPSA) is 30.0 Å². The van der Waals surface area contributed by atoms with Gasteiger partial charge in [0.2, 0.25) is 0 Å². The zero-order valence-electron chi connectivity index (χ0n) is 7.71. The molecule has 0 fully saturated rings. The Labute approximate surface area is 121 Å². The molecule has 0 aliphatic heterocycles. The van der Waals surface area contributed by atoms with E-state index in [2.05, 4.69) is 52.8 Å². The lowest BCUT2D eigenvalue weighted by atomic mass is 10.1. The Morgan fingerprint density at radius 2 is 1.94 bits per heavy atom. The zero-order valence-corrected chi connectivity index (χ0v) is 13.3. The number of halogens is 3. The van der Waals surface area contributed by atoms with Gasteiger partial charge in [0.25, 0.3) is 0 Å². The number of hydrogen-bond donors (Lipinski definition) is 0. The van der Waals surface area contributed by atoms with Crippen LogP contribution in [0, 0.1) is 0 Å². The van der Waals surface area contributed by atoms with Gasteiger partial charge >= 0.3 is 0 Å². The van der Waals surface area contributed by atoms with Crippen LogP contribution in [0.3, 0.4) is 0 Å². The van der Waals surface area contributed by atoms with E-state index in [-0.39, 0.29) is 5.78 Å². The molecule has 0 unspecified atom stereocenters. The van der Waals surface area contributed by atoms with Gasteiger partial charge in [-0.3, -0.25) is 9.78 Å². The van der Waals surface area contributed by atoms with Crippen LogP contribution in [0.5, 0.6) is 0 Å². The predicted octanol–water partition coefficient (Wildman–Crippen LogP) is 4.66. The summed E-state index contributed by atoms with van der Waals surface area (Å²) in [6.07, 6.45) is 3.21. The number of thiophene rings is 1. The van der Waals surface area contributed by atoms with Gasteiger partial charge in [0.1, 0.15) is 0 Å². The van der Waals surface area contributed by atoms with E-state index in [4.69, 9.17) is 0 Å². The minimum absolute atomic E-state index is 0.0392. The van der Waals surface area contributed by atoms with Gasteiger partial charge < -0.3 is 0 Å². The number of hydrogen-bond acceptors (Lipinski definition) is 3. The van der Waals surface area contributed by atoms with Crippen molar-refractivity contribution in [3.63, 3.8) is 0 Å². The van der Waals surface area contributed by atoms with E-state index < -0.39 is 0 Å². The molecule has 0 spiro atoms. The average molecular weight is 426 g/mol. The van der Waals surface area contributed by atoms with Crippen LogP contribution in [0.25, 0.3) is 0 Å². The zero-order chi connectivity index (χ0) is 11.7. The maximum Gasteiger partial charge on any atom is 0.196 e. The Morgan fingerprint density at radius 3 is 2.50 bits per heavy atom. The molecular formula is C10H4Br3NOS. The highest BCUT2D eigenvalue weighted by atomic mass is 79.9. The predicted molar refractivity (Wildman–Crippen MR) is 75.1 cm³/mol. The van der Waals surface area contributed by atoms with Crippen LogP contribution in [0.15, 0.2) is 36.6 Å². The van der Waals surface area contributed by atoms with Gasteiger partial charge in [0, 0.05) is 28.0 Å². The molecule has 2 rings (SSSR count). The Balaban J connectivity index is 2.43. The minimum atomic E-state index is -0.0392. The molecule has 0 saturated heterocycles. The third-order valence-electron chi connectivity index (χ3n) is 1.87. The van der Waals surface area contributed by atoms with E-state index in [9.17, 15) is 4.79 Å². The van der Waals surface area contributed by atoms with Gasteiger partial charge in [-0.05, 0) is 59.9 Å². The van der Waals surface area contributed by atoms with Crippen LogP contribution < -0.4 is 0 Å². The van der Waals surface area contributed by atoms with Crippen molar-refractivity contribution in [3.8, 4) is 0 Å². The second-order valence-corrected chi connectivity index (χ2v) is 7.62. The Bertz CT molecular complexity index is 553. The quantitative estimate of drug-likeness (QED) is 0.655. The van der Waals surface area contributed by atoms with Gasteiger partial charge in [-0.2, -0.15) is 0 Å². The number of nitrogens with zero attached hydrogens (tertiary/aromatic N) is 1.